The SMILES string of the molecule is C[C@]12C(=O)NC(=O)[C@H]1[C@H]1C=C[C@@H]2C1. The fourth-order valence-corrected chi connectivity index (χ4v) is 3.20. The van der Waals surface area contributed by atoms with Crippen molar-refractivity contribution in [1.82, 2.24) is 5.32 Å². The predicted molar refractivity (Wildman–Crippen MR) is 45.5 cm³/mol. The van der Waals surface area contributed by atoms with Crippen LogP contribution in [0.5, 0.6) is 0 Å². The number of carbonyl (C=O) groups excluding carboxylic acids is 2. The van der Waals surface area contributed by atoms with Crippen molar-refractivity contribution in [3.63, 3.8) is 0 Å². The van der Waals surface area contributed by atoms with Gasteiger partial charge in [0.15, 0.2) is 0 Å². The average Bonchev–Trinajstić information content (AvgIpc) is 2.66. The third-order valence-corrected chi connectivity index (χ3v) is 3.97. The first kappa shape index (κ1) is 7.30. The van der Waals surface area contributed by atoms with Crippen LogP contribution in [-0.2, 0) is 9.59 Å². The van der Waals surface area contributed by atoms with Crippen LogP contribution in [0.25, 0.3) is 0 Å². The van der Waals surface area contributed by atoms with E-state index in [4.69, 9.17) is 0 Å². The van der Waals surface area contributed by atoms with E-state index in [0.29, 0.717) is 5.92 Å². The molecule has 2 bridgehead atoms. The van der Waals surface area contributed by atoms with Crippen LogP contribution in [0.15, 0.2) is 12.2 Å². The van der Waals surface area contributed by atoms with E-state index in [0.717, 1.165) is 6.42 Å². The lowest BCUT2D eigenvalue weighted by Gasteiger charge is -2.27. The van der Waals surface area contributed by atoms with Gasteiger partial charge in [-0.05, 0) is 25.2 Å². The number of rotatable bonds is 0. The van der Waals surface area contributed by atoms with Gasteiger partial charge in [0.2, 0.25) is 11.8 Å². The third-order valence-electron chi connectivity index (χ3n) is 3.97. The highest BCUT2D eigenvalue weighted by molar-refractivity contribution is 6.08. The molecular formula is C10H11NO2. The quantitative estimate of drug-likeness (QED) is 0.432. The largest absolute Gasteiger partial charge is 0.296 e. The monoisotopic (exact) mass is 177 g/mol. The number of hydrogen-bond acceptors (Lipinski definition) is 2. The molecule has 2 fully saturated rings. The van der Waals surface area contributed by atoms with Crippen LogP contribution in [0.3, 0.4) is 0 Å². The summed E-state index contributed by atoms with van der Waals surface area (Å²) in [4.78, 5) is 23.1. The summed E-state index contributed by atoms with van der Waals surface area (Å²) >= 11 is 0. The summed E-state index contributed by atoms with van der Waals surface area (Å²) < 4.78 is 0. The summed E-state index contributed by atoms with van der Waals surface area (Å²) in [5.74, 6) is 0.370. The van der Waals surface area contributed by atoms with Crippen molar-refractivity contribution in [3.05, 3.63) is 12.2 Å². The number of hydrogen-bond donors (Lipinski definition) is 1. The molecule has 0 spiro atoms. The van der Waals surface area contributed by atoms with Gasteiger partial charge >= 0.3 is 0 Å². The zero-order chi connectivity index (χ0) is 9.22. The second-order valence-electron chi connectivity index (χ2n) is 4.47. The van der Waals surface area contributed by atoms with Crippen molar-refractivity contribution in [2.75, 3.05) is 0 Å². The molecule has 1 saturated heterocycles. The predicted octanol–water partition coefficient (Wildman–Crippen LogP) is 0.471. The zero-order valence-corrected chi connectivity index (χ0v) is 7.41. The van der Waals surface area contributed by atoms with E-state index < -0.39 is 5.41 Å². The first-order chi connectivity index (χ1) is 6.14. The van der Waals surface area contributed by atoms with Crippen LogP contribution in [-0.4, -0.2) is 11.8 Å². The Morgan fingerprint density at radius 3 is 2.92 bits per heavy atom. The molecule has 3 rings (SSSR count). The lowest BCUT2D eigenvalue weighted by molar-refractivity contribution is -0.129. The zero-order valence-electron chi connectivity index (χ0n) is 7.41. The van der Waals surface area contributed by atoms with Gasteiger partial charge in [0.1, 0.15) is 0 Å². The average molecular weight is 177 g/mol. The maximum Gasteiger partial charge on any atom is 0.233 e. The van der Waals surface area contributed by atoms with Crippen LogP contribution in [0.4, 0.5) is 0 Å². The Morgan fingerprint density at radius 2 is 2.23 bits per heavy atom. The van der Waals surface area contributed by atoms with Gasteiger partial charge in [-0.25, -0.2) is 0 Å². The molecule has 0 aromatic rings. The Balaban J connectivity index is 2.17. The molecule has 0 unspecified atom stereocenters. The van der Waals surface area contributed by atoms with Crippen LogP contribution < -0.4 is 5.32 Å². The van der Waals surface area contributed by atoms with E-state index in [2.05, 4.69) is 17.5 Å². The Kier molecular flexibility index (Phi) is 1.05. The third kappa shape index (κ3) is 0.598. The summed E-state index contributed by atoms with van der Waals surface area (Å²) in [5.41, 5.74) is -0.434. The maximum atomic E-state index is 11.6. The molecule has 1 saturated carbocycles. The van der Waals surface area contributed by atoms with Crippen molar-refractivity contribution in [2.45, 2.75) is 13.3 Å². The molecule has 0 aromatic heterocycles. The fourth-order valence-electron chi connectivity index (χ4n) is 3.20. The number of allylic oxidation sites excluding steroid dienone is 2. The normalized spacial score (nSPS) is 51.3. The standard InChI is InChI=1S/C10H11NO2/c1-10-6-3-2-5(4-6)7(10)8(12)11-9(10)13/h2-3,5-7H,4H2,1H3,(H,11,12,13)/t5-,6+,7+,10+/m0/s1. The van der Waals surface area contributed by atoms with Gasteiger partial charge in [-0.1, -0.05) is 12.2 Å². The number of carbonyl (C=O) groups is 2. The van der Waals surface area contributed by atoms with Gasteiger partial charge in [0.25, 0.3) is 0 Å². The minimum absolute atomic E-state index is 0.0654. The molecular weight excluding hydrogens is 166 g/mol. The highest BCUT2D eigenvalue weighted by Gasteiger charge is 2.64. The molecule has 3 heteroatoms. The lowest BCUT2D eigenvalue weighted by atomic mass is 9.71. The van der Waals surface area contributed by atoms with E-state index >= 15 is 0 Å². The molecule has 68 valence electrons. The van der Waals surface area contributed by atoms with Crippen molar-refractivity contribution in [2.24, 2.45) is 23.2 Å². The first-order valence-corrected chi connectivity index (χ1v) is 4.67. The minimum atomic E-state index is -0.434. The summed E-state index contributed by atoms with van der Waals surface area (Å²) in [6.45, 7) is 1.92. The van der Waals surface area contributed by atoms with Crippen LogP contribution in [0.1, 0.15) is 13.3 Å². The van der Waals surface area contributed by atoms with Crippen LogP contribution >= 0.6 is 0 Å². The van der Waals surface area contributed by atoms with Gasteiger partial charge in [-0.15, -0.1) is 0 Å². The fraction of sp³-hybridized carbons (Fsp3) is 0.600. The van der Waals surface area contributed by atoms with Crippen molar-refractivity contribution in [1.29, 1.82) is 0 Å². The van der Waals surface area contributed by atoms with Gasteiger partial charge in [0.05, 0.1) is 11.3 Å². The summed E-state index contributed by atoms with van der Waals surface area (Å²) in [6.07, 6.45) is 5.18. The summed E-state index contributed by atoms with van der Waals surface area (Å²) in [7, 11) is 0. The summed E-state index contributed by atoms with van der Waals surface area (Å²) in [6, 6.07) is 0. The topological polar surface area (TPSA) is 46.2 Å². The Labute approximate surface area is 76.2 Å². The van der Waals surface area contributed by atoms with E-state index in [-0.39, 0.29) is 23.7 Å². The van der Waals surface area contributed by atoms with E-state index in [1.807, 2.05) is 6.92 Å². The second kappa shape index (κ2) is 1.86. The van der Waals surface area contributed by atoms with Gasteiger partial charge in [0, 0.05) is 0 Å². The molecule has 0 aromatic carbocycles. The van der Waals surface area contributed by atoms with Crippen molar-refractivity contribution in [3.8, 4) is 0 Å². The molecule has 4 atom stereocenters. The Bertz CT molecular complexity index is 347. The van der Waals surface area contributed by atoms with Gasteiger partial charge in [-0.3, -0.25) is 14.9 Å². The molecule has 2 aliphatic carbocycles. The highest BCUT2D eigenvalue weighted by Crippen LogP contribution is 2.58. The van der Waals surface area contributed by atoms with E-state index in [1.54, 1.807) is 0 Å². The molecule has 1 aliphatic heterocycles. The van der Waals surface area contributed by atoms with Gasteiger partial charge in [-0.2, -0.15) is 0 Å². The minimum Gasteiger partial charge on any atom is -0.296 e. The Hall–Kier alpha value is -1.12. The molecule has 2 amide bonds. The van der Waals surface area contributed by atoms with Crippen LogP contribution in [0, 0.1) is 23.2 Å². The summed E-state index contributed by atoms with van der Waals surface area (Å²) in [5, 5.41) is 2.44. The molecule has 0 radical (unpaired) electrons. The van der Waals surface area contributed by atoms with Crippen LogP contribution in [0.2, 0.25) is 0 Å². The van der Waals surface area contributed by atoms with Gasteiger partial charge < -0.3 is 0 Å². The number of nitrogens with one attached hydrogen (secondary N) is 1. The highest BCUT2D eigenvalue weighted by atomic mass is 16.2. The van der Waals surface area contributed by atoms with Crippen molar-refractivity contribution >= 4 is 11.8 Å². The van der Waals surface area contributed by atoms with E-state index in [1.165, 1.54) is 0 Å². The van der Waals surface area contributed by atoms with E-state index in [9.17, 15) is 9.59 Å². The first-order valence-electron chi connectivity index (χ1n) is 4.67. The Morgan fingerprint density at radius 1 is 1.46 bits per heavy atom. The number of amides is 2. The molecule has 1 N–H and O–H groups in total. The maximum absolute atomic E-state index is 11.6. The smallest absolute Gasteiger partial charge is 0.233 e. The molecule has 3 nitrogen and oxygen atoms in total. The number of fused-ring (bicyclic) bond motifs is 5. The molecule has 13 heavy (non-hydrogen) atoms. The second-order valence-corrected chi connectivity index (χ2v) is 4.47. The number of imide groups is 1. The molecule has 3 aliphatic rings. The lowest BCUT2D eigenvalue weighted by Crippen LogP contribution is -2.35. The van der Waals surface area contributed by atoms with Crippen molar-refractivity contribution < 1.29 is 9.59 Å². The molecule has 1 heterocycles.